The fourth-order valence-corrected chi connectivity index (χ4v) is 2.29. The second kappa shape index (κ2) is 9.25. The van der Waals surface area contributed by atoms with E-state index in [-0.39, 0.29) is 11.9 Å². The Bertz CT molecular complexity index is 452. The van der Waals surface area contributed by atoms with Crippen LogP contribution in [-0.4, -0.2) is 30.8 Å². The SMILES string of the molecule is CCOC(=O)CCCNC(=O)CSc1cccc(N)c1. The van der Waals surface area contributed by atoms with Gasteiger partial charge in [-0.15, -0.1) is 11.8 Å². The van der Waals surface area contributed by atoms with Gasteiger partial charge in [-0.25, -0.2) is 0 Å². The molecule has 1 amide bonds. The summed E-state index contributed by atoms with van der Waals surface area (Å²) in [6.07, 6.45) is 0.921. The number of amides is 1. The summed E-state index contributed by atoms with van der Waals surface area (Å²) in [5.74, 6) is 0.0558. The van der Waals surface area contributed by atoms with Crippen molar-refractivity contribution in [2.45, 2.75) is 24.7 Å². The number of carbonyl (C=O) groups is 2. The minimum absolute atomic E-state index is 0.0544. The highest BCUT2D eigenvalue weighted by atomic mass is 32.2. The van der Waals surface area contributed by atoms with Gasteiger partial charge in [0.2, 0.25) is 5.91 Å². The largest absolute Gasteiger partial charge is 0.466 e. The third kappa shape index (κ3) is 7.04. The van der Waals surface area contributed by atoms with Gasteiger partial charge in [0.25, 0.3) is 0 Å². The Labute approximate surface area is 123 Å². The van der Waals surface area contributed by atoms with Crippen LogP contribution in [0, 0.1) is 0 Å². The maximum absolute atomic E-state index is 11.6. The van der Waals surface area contributed by atoms with Crippen LogP contribution in [0.5, 0.6) is 0 Å². The van der Waals surface area contributed by atoms with Crippen molar-refractivity contribution < 1.29 is 14.3 Å². The average Bonchev–Trinajstić information content (AvgIpc) is 2.42. The van der Waals surface area contributed by atoms with Gasteiger partial charge in [-0.1, -0.05) is 6.07 Å². The van der Waals surface area contributed by atoms with Crippen molar-refractivity contribution >= 4 is 29.3 Å². The molecule has 1 aromatic rings. The molecule has 0 aliphatic rings. The first-order valence-electron chi connectivity index (χ1n) is 6.52. The number of hydrogen-bond donors (Lipinski definition) is 2. The molecule has 0 saturated carbocycles. The van der Waals surface area contributed by atoms with Crippen molar-refractivity contribution in [3.8, 4) is 0 Å². The molecule has 0 aliphatic carbocycles. The van der Waals surface area contributed by atoms with E-state index >= 15 is 0 Å². The molecule has 20 heavy (non-hydrogen) atoms. The van der Waals surface area contributed by atoms with Crippen molar-refractivity contribution in [3.05, 3.63) is 24.3 Å². The lowest BCUT2D eigenvalue weighted by Gasteiger charge is -2.05. The Morgan fingerprint density at radius 2 is 2.20 bits per heavy atom. The Kier molecular flexibility index (Phi) is 7.57. The summed E-state index contributed by atoms with van der Waals surface area (Å²) < 4.78 is 4.80. The number of carbonyl (C=O) groups excluding carboxylic acids is 2. The van der Waals surface area contributed by atoms with Gasteiger partial charge in [-0.05, 0) is 31.5 Å². The smallest absolute Gasteiger partial charge is 0.305 e. The molecule has 0 heterocycles. The van der Waals surface area contributed by atoms with E-state index in [1.165, 1.54) is 11.8 Å². The molecule has 3 N–H and O–H groups in total. The zero-order valence-corrected chi connectivity index (χ0v) is 12.4. The van der Waals surface area contributed by atoms with Crippen LogP contribution in [0.3, 0.4) is 0 Å². The zero-order valence-electron chi connectivity index (χ0n) is 11.6. The minimum Gasteiger partial charge on any atom is -0.466 e. The van der Waals surface area contributed by atoms with Gasteiger partial charge in [-0.2, -0.15) is 0 Å². The van der Waals surface area contributed by atoms with Crippen LogP contribution in [0.25, 0.3) is 0 Å². The van der Waals surface area contributed by atoms with Gasteiger partial charge in [0, 0.05) is 23.5 Å². The summed E-state index contributed by atoms with van der Waals surface area (Å²) >= 11 is 1.43. The topological polar surface area (TPSA) is 81.4 Å². The molecule has 5 nitrogen and oxygen atoms in total. The lowest BCUT2D eigenvalue weighted by atomic mass is 10.3. The van der Waals surface area contributed by atoms with Gasteiger partial charge in [-0.3, -0.25) is 9.59 Å². The second-order valence-corrected chi connectivity index (χ2v) is 5.17. The van der Waals surface area contributed by atoms with Gasteiger partial charge in [0.15, 0.2) is 0 Å². The molecule has 110 valence electrons. The van der Waals surface area contributed by atoms with Gasteiger partial charge < -0.3 is 15.8 Å². The molecule has 0 spiro atoms. The van der Waals surface area contributed by atoms with Gasteiger partial charge >= 0.3 is 5.97 Å². The summed E-state index contributed by atoms with van der Waals surface area (Å²) in [6.45, 7) is 2.64. The fraction of sp³-hybridized carbons (Fsp3) is 0.429. The monoisotopic (exact) mass is 296 g/mol. The second-order valence-electron chi connectivity index (χ2n) is 4.12. The van der Waals surface area contributed by atoms with E-state index in [0.717, 1.165) is 4.90 Å². The van der Waals surface area contributed by atoms with Gasteiger partial charge in [0.05, 0.1) is 12.4 Å². The van der Waals surface area contributed by atoms with Crippen molar-refractivity contribution in [2.75, 3.05) is 24.6 Å². The van der Waals surface area contributed by atoms with Crippen LogP contribution in [0.2, 0.25) is 0 Å². The quantitative estimate of drug-likeness (QED) is 0.331. The average molecular weight is 296 g/mol. The Balaban J connectivity index is 2.13. The lowest BCUT2D eigenvalue weighted by Crippen LogP contribution is -2.26. The molecule has 0 saturated heterocycles. The zero-order chi connectivity index (χ0) is 14.8. The highest BCUT2D eigenvalue weighted by molar-refractivity contribution is 8.00. The number of nitrogen functional groups attached to an aromatic ring is 1. The third-order valence-corrected chi connectivity index (χ3v) is 3.41. The van der Waals surface area contributed by atoms with Crippen molar-refractivity contribution in [1.82, 2.24) is 5.32 Å². The number of esters is 1. The Morgan fingerprint density at radius 1 is 1.40 bits per heavy atom. The summed E-state index contributed by atoms with van der Waals surface area (Å²) in [7, 11) is 0. The molecule has 0 aromatic heterocycles. The van der Waals surface area contributed by atoms with E-state index in [9.17, 15) is 9.59 Å². The van der Waals surface area contributed by atoms with Crippen molar-refractivity contribution in [1.29, 1.82) is 0 Å². The molecule has 1 rings (SSSR count). The number of thioether (sulfide) groups is 1. The normalized spacial score (nSPS) is 10.1. The summed E-state index contributed by atoms with van der Waals surface area (Å²) in [4.78, 5) is 23.6. The maximum Gasteiger partial charge on any atom is 0.305 e. The number of nitrogens with one attached hydrogen (secondary N) is 1. The molecule has 6 heteroatoms. The van der Waals surface area contributed by atoms with Gasteiger partial charge in [0.1, 0.15) is 0 Å². The number of benzene rings is 1. The minimum atomic E-state index is -0.226. The number of anilines is 1. The predicted molar refractivity (Wildman–Crippen MR) is 80.5 cm³/mol. The highest BCUT2D eigenvalue weighted by Crippen LogP contribution is 2.19. The Morgan fingerprint density at radius 3 is 2.90 bits per heavy atom. The van der Waals surface area contributed by atoms with E-state index in [0.29, 0.717) is 37.4 Å². The van der Waals surface area contributed by atoms with Crippen LogP contribution < -0.4 is 11.1 Å². The van der Waals surface area contributed by atoms with Crippen molar-refractivity contribution in [2.24, 2.45) is 0 Å². The number of ether oxygens (including phenoxy) is 1. The van der Waals surface area contributed by atoms with E-state index < -0.39 is 0 Å². The molecule has 1 aromatic carbocycles. The molecule has 0 aliphatic heterocycles. The number of nitrogens with two attached hydrogens (primary N) is 1. The first-order chi connectivity index (χ1) is 9.61. The Hall–Kier alpha value is -1.69. The fourth-order valence-electron chi connectivity index (χ4n) is 1.50. The lowest BCUT2D eigenvalue weighted by molar-refractivity contribution is -0.143. The standard InChI is InChI=1S/C14H20N2O3S/c1-2-19-14(18)7-4-8-16-13(17)10-20-12-6-3-5-11(15)9-12/h3,5-6,9H,2,4,7-8,10,15H2,1H3,(H,16,17). The molecule has 0 radical (unpaired) electrons. The van der Waals surface area contributed by atoms with Crippen LogP contribution in [0.4, 0.5) is 5.69 Å². The first-order valence-corrected chi connectivity index (χ1v) is 7.51. The van der Waals surface area contributed by atoms with Crippen LogP contribution in [0.1, 0.15) is 19.8 Å². The first kappa shape index (κ1) is 16.4. The third-order valence-electron chi connectivity index (χ3n) is 2.41. The number of hydrogen-bond acceptors (Lipinski definition) is 5. The number of rotatable bonds is 8. The molecule has 0 atom stereocenters. The molecule has 0 fully saturated rings. The highest BCUT2D eigenvalue weighted by Gasteiger charge is 2.04. The van der Waals surface area contributed by atoms with Crippen LogP contribution >= 0.6 is 11.8 Å². The van der Waals surface area contributed by atoms with E-state index in [4.69, 9.17) is 10.5 Å². The molecular weight excluding hydrogens is 276 g/mol. The van der Waals surface area contributed by atoms with E-state index in [1.807, 2.05) is 18.2 Å². The summed E-state index contributed by atoms with van der Waals surface area (Å²) in [5, 5.41) is 2.77. The molecule has 0 unspecified atom stereocenters. The predicted octanol–water partition coefficient (Wildman–Crippen LogP) is 1.82. The molecular formula is C14H20N2O3S. The molecule has 0 bridgehead atoms. The van der Waals surface area contributed by atoms with Crippen LogP contribution in [0.15, 0.2) is 29.2 Å². The maximum atomic E-state index is 11.6. The summed E-state index contributed by atoms with van der Waals surface area (Å²) in [6, 6.07) is 7.40. The van der Waals surface area contributed by atoms with Crippen LogP contribution in [-0.2, 0) is 14.3 Å². The summed E-state index contributed by atoms with van der Waals surface area (Å²) in [5.41, 5.74) is 6.34. The van der Waals surface area contributed by atoms with Crippen molar-refractivity contribution in [3.63, 3.8) is 0 Å². The van der Waals surface area contributed by atoms with E-state index in [1.54, 1.807) is 13.0 Å². The van der Waals surface area contributed by atoms with E-state index in [2.05, 4.69) is 5.32 Å².